The number of nitrogens with zero attached hydrogens (tertiary/aromatic N) is 1. The molecule has 0 aromatic carbocycles. The molecule has 0 radical (unpaired) electrons. The van der Waals surface area contributed by atoms with Gasteiger partial charge < -0.3 is 10.1 Å². The molecule has 2 rings (SSSR count). The summed E-state index contributed by atoms with van der Waals surface area (Å²) in [4.78, 5) is 2.61. The number of hydrogen-bond acceptors (Lipinski definition) is 3. The first-order chi connectivity index (χ1) is 8.28. The van der Waals surface area contributed by atoms with Gasteiger partial charge in [0.15, 0.2) is 0 Å². The fraction of sp³-hybridized carbons (Fsp3) is 1.00. The summed E-state index contributed by atoms with van der Waals surface area (Å²) in [6.07, 6.45) is 7.51. The van der Waals surface area contributed by atoms with Crippen molar-refractivity contribution in [1.82, 2.24) is 10.2 Å². The van der Waals surface area contributed by atoms with E-state index >= 15 is 0 Å². The summed E-state index contributed by atoms with van der Waals surface area (Å²) in [5.41, 5.74) is 0. The molecule has 1 N–H and O–H groups in total. The van der Waals surface area contributed by atoms with Crippen LogP contribution in [0.2, 0.25) is 0 Å². The van der Waals surface area contributed by atoms with Crippen LogP contribution in [0.1, 0.15) is 46.0 Å². The number of hydrogen-bond donors (Lipinski definition) is 1. The Hall–Kier alpha value is -0.120. The van der Waals surface area contributed by atoms with E-state index in [0.717, 1.165) is 6.54 Å². The lowest BCUT2D eigenvalue weighted by Gasteiger charge is -2.32. The maximum atomic E-state index is 5.85. The van der Waals surface area contributed by atoms with Gasteiger partial charge in [0.25, 0.3) is 0 Å². The SMILES string of the molecule is CCCNC(C)CCCN1CC2CCC(C1)O2. The van der Waals surface area contributed by atoms with E-state index in [2.05, 4.69) is 24.1 Å². The number of ether oxygens (including phenoxy) is 1. The Morgan fingerprint density at radius 2 is 2.00 bits per heavy atom. The predicted octanol–water partition coefficient (Wildman–Crippen LogP) is 2.02. The molecule has 0 spiro atoms. The predicted molar refractivity (Wildman–Crippen MR) is 71.3 cm³/mol. The average molecular weight is 240 g/mol. The Bertz CT molecular complexity index is 210. The Morgan fingerprint density at radius 1 is 1.29 bits per heavy atom. The van der Waals surface area contributed by atoms with Crippen molar-refractivity contribution in [2.75, 3.05) is 26.2 Å². The second-order valence-corrected chi connectivity index (χ2v) is 5.71. The summed E-state index contributed by atoms with van der Waals surface area (Å²) < 4.78 is 5.85. The van der Waals surface area contributed by atoms with E-state index in [4.69, 9.17) is 4.74 Å². The van der Waals surface area contributed by atoms with Crippen molar-refractivity contribution in [2.45, 2.75) is 64.2 Å². The van der Waals surface area contributed by atoms with E-state index in [1.807, 2.05) is 0 Å². The minimum Gasteiger partial charge on any atom is -0.372 e. The van der Waals surface area contributed by atoms with Gasteiger partial charge in [0, 0.05) is 19.1 Å². The summed E-state index contributed by atoms with van der Waals surface area (Å²) in [6.45, 7) is 9.29. The molecule has 0 saturated carbocycles. The molecule has 2 aliphatic heterocycles. The van der Waals surface area contributed by atoms with Crippen LogP contribution in [0, 0.1) is 0 Å². The summed E-state index contributed by atoms with van der Waals surface area (Å²) in [5, 5.41) is 3.56. The Kier molecular flexibility index (Phi) is 5.26. The van der Waals surface area contributed by atoms with E-state index < -0.39 is 0 Å². The fourth-order valence-electron chi connectivity index (χ4n) is 3.00. The Morgan fingerprint density at radius 3 is 2.65 bits per heavy atom. The molecule has 3 unspecified atom stereocenters. The molecule has 3 nitrogen and oxygen atoms in total. The van der Waals surface area contributed by atoms with E-state index in [1.165, 1.54) is 51.7 Å². The van der Waals surface area contributed by atoms with Gasteiger partial charge in [-0.1, -0.05) is 6.92 Å². The molecule has 17 heavy (non-hydrogen) atoms. The zero-order chi connectivity index (χ0) is 12.1. The van der Waals surface area contributed by atoms with E-state index in [9.17, 15) is 0 Å². The maximum Gasteiger partial charge on any atom is 0.0707 e. The zero-order valence-electron chi connectivity index (χ0n) is 11.5. The fourth-order valence-corrected chi connectivity index (χ4v) is 3.00. The monoisotopic (exact) mass is 240 g/mol. The zero-order valence-corrected chi connectivity index (χ0v) is 11.5. The third-order valence-electron chi connectivity index (χ3n) is 3.97. The maximum absolute atomic E-state index is 5.85. The summed E-state index contributed by atoms with van der Waals surface area (Å²) in [5.74, 6) is 0. The number of morpholine rings is 1. The summed E-state index contributed by atoms with van der Waals surface area (Å²) in [7, 11) is 0. The summed E-state index contributed by atoms with van der Waals surface area (Å²) in [6, 6.07) is 0.674. The molecular formula is C14H28N2O. The van der Waals surface area contributed by atoms with Gasteiger partial charge in [-0.25, -0.2) is 0 Å². The molecule has 2 bridgehead atoms. The summed E-state index contributed by atoms with van der Waals surface area (Å²) >= 11 is 0. The molecule has 2 fully saturated rings. The van der Waals surface area contributed by atoms with Crippen molar-refractivity contribution in [2.24, 2.45) is 0 Å². The Labute approximate surface area is 106 Å². The van der Waals surface area contributed by atoms with Crippen LogP contribution in [0.15, 0.2) is 0 Å². The number of fused-ring (bicyclic) bond motifs is 2. The van der Waals surface area contributed by atoms with Crippen molar-refractivity contribution in [3.8, 4) is 0 Å². The second kappa shape index (κ2) is 6.72. The van der Waals surface area contributed by atoms with Crippen LogP contribution in [-0.4, -0.2) is 49.3 Å². The standard InChI is InChI=1S/C14H28N2O/c1-3-8-15-12(2)5-4-9-16-10-13-6-7-14(11-16)17-13/h12-15H,3-11H2,1-2H3. The van der Waals surface area contributed by atoms with Crippen LogP contribution in [-0.2, 0) is 4.74 Å². The third-order valence-corrected chi connectivity index (χ3v) is 3.97. The van der Waals surface area contributed by atoms with Gasteiger partial charge in [-0.05, 0) is 52.1 Å². The molecule has 0 aliphatic carbocycles. The lowest BCUT2D eigenvalue weighted by molar-refractivity contribution is -0.0386. The highest BCUT2D eigenvalue weighted by Gasteiger charge is 2.33. The van der Waals surface area contributed by atoms with Crippen molar-refractivity contribution < 1.29 is 4.74 Å². The molecule has 0 aromatic heterocycles. The highest BCUT2D eigenvalue weighted by molar-refractivity contribution is 4.84. The highest BCUT2D eigenvalue weighted by atomic mass is 16.5. The van der Waals surface area contributed by atoms with E-state index in [0.29, 0.717) is 18.2 Å². The van der Waals surface area contributed by atoms with Crippen molar-refractivity contribution >= 4 is 0 Å². The van der Waals surface area contributed by atoms with Crippen molar-refractivity contribution in [1.29, 1.82) is 0 Å². The van der Waals surface area contributed by atoms with Gasteiger partial charge in [0.1, 0.15) is 0 Å². The van der Waals surface area contributed by atoms with Crippen LogP contribution in [0.4, 0.5) is 0 Å². The first-order valence-corrected chi connectivity index (χ1v) is 7.39. The molecule has 100 valence electrons. The number of nitrogens with one attached hydrogen (secondary N) is 1. The number of rotatable bonds is 7. The lowest BCUT2D eigenvalue weighted by Crippen LogP contribution is -2.43. The van der Waals surface area contributed by atoms with Gasteiger partial charge in [-0.2, -0.15) is 0 Å². The van der Waals surface area contributed by atoms with Crippen molar-refractivity contribution in [3.05, 3.63) is 0 Å². The number of likely N-dealkylation sites (tertiary alicyclic amines) is 1. The first-order valence-electron chi connectivity index (χ1n) is 7.39. The third kappa shape index (κ3) is 4.23. The van der Waals surface area contributed by atoms with Gasteiger partial charge in [0.2, 0.25) is 0 Å². The smallest absolute Gasteiger partial charge is 0.0707 e. The van der Waals surface area contributed by atoms with Gasteiger partial charge in [0.05, 0.1) is 12.2 Å². The Balaban J connectivity index is 1.56. The van der Waals surface area contributed by atoms with Crippen LogP contribution in [0.25, 0.3) is 0 Å². The molecular weight excluding hydrogens is 212 g/mol. The van der Waals surface area contributed by atoms with Gasteiger partial charge in [-0.3, -0.25) is 4.90 Å². The molecule has 3 atom stereocenters. The van der Waals surface area contributed by atoms with Crippen LogP contribution in [0.5, 0.6) is 0 Å². The first kappa shape index (κ1) is 13.3. The van der Waals surface area contributed by atoms with Gasteiger partial charge >= 0.3 is 0 Å². The van der Waals surface area contributed by atoms with Crippen molar-refractivity contribution in [3.63, 3.8) is 0 Å². The molecule has 0 aromatic rings. The highest BCUT2D eigenvalue weighted by Crippen LogP contribution is 2.26. The largest absolute Gasteiger partial charge is 0.372 e. The molecule has 2 heterocycles. The second-order valence-electron chi connectivity index (χ2n) is 5.71. The van der Waals surface area contributed by atoms with E-state index in [1.54, 1.807) is 0 Å². The molecule has 3 heteroatoms. The van der Waals surface area contributed by atoms with Gasteiger partial charge in [-0.15, -0.1) is 0 Å². The quantitative estimate of drug-likeness (QED) is 0.737. The average Bonchev–Trinajstić information content (AvgIpc) is 2.66. The molecule has 0 amide bonds. The minimum absolute atomic E-state index is 0.546. The van der Waals surface area contributed by atoms with Crippen LogP contribution < -0.4 is 5.32 Å². The lowest BCUT2D eigenvalue weighted by atomic mass is 10.1. The van der Waals surface area contributed by atoms with E-state index in [-0.39, 0.29) is 0 Å². The molecule has 2 saturated heterocycles. The molecule has 2 aliphatic rings. The minimum atomic E-state index is 0.546. The normalized spacial score (nSPS) is 30.7. The van der Waals surface area contributed by atoms with Crippen LogP contribution >= 0.6 is 0 Å². The topological polar surface area (TPSA) is 24.5 Å². The van der Waals surface area contributed by atoms with Crippen LogP contribution in [0.3, 0.4) is 0 Å².